The first-order valence-electron chi connectivity index (χ1n) is 8.60. The van der Waals surface area contributed by atoms with Crippen molar-refractivity contribution >= 4 is 16.8 Å². The van der Waals surface area contributed by atoms with E-state index in [0.29, 0.717) is 18.7 Å². The van der Waals surface area contributed by atoms with Crippen molar-refractivity contribution in [1.29, 1.82) is 0 Å². The number of carbonyl (C=O) groups is 1. The number of amides is 1. The summed E-state index contributed by atoms with van der Waals surface area (Å²) in [6.45, 7) is 3.18. The minimum Gasteiger partial charge on any atom is -0.396 e. The monoisotopic (exact) mass is 337 g/mol. The van der Waals surface area contributed by atoms with Crippen molar-refractivity contribution < 1.29 is 9.90 Å². The Morgan fingerprint density at radius 1 is 1.24 bits per heavy atom. The third kappa shape index (κ3) is 3.88. The molecule has 3 rings (SSSR count). The standard InChI is InChI=1S/C20H23N3O2/c1-2-23-18-9-4-3-7-16(18)12-19(23)20(25)22-13-15(14-24)11-17-8-5-6-10-21-17/h3-10,12,15,24H,2,11,13-14H2,1H3,(H,22,25). The molecule has 0 bridgehead atoms. The minimum atomic E-state index is -0.113. The topological polar surface area (TPSA) is 67.2 Å². The lowest BCUT2D eigenvalue weighted by Gasteiger charge is -2.15. The van der Waals surface area contributed by atoms with E-state index in [1.807, 2.05) is 60.0 Å². The van der Waals surface area contributed by atoms with Gasteiger partial charge in [-0.1, -0.05) is 24.3 Å². The summed E-state index contributed by atoms with van der Waals surface area (Å²) in [7, 11) is 0. The van der Waals surface area contributed by atoms with Crippen molar-refractivity contribution in [3.05, 3.63) is 66.1 Å². The fourth-order valence-electron chi connectivity index (χ4n) is 3.08. The van der Waals surface area contributed by atoms with Crippen LogP contribution in [-0.2, 0) is 13.0 Å². The molecule has 1 aromatic carbocycles. The first-order chi connectivity index (χ1) is 12.2. The number of fused-ring (bicyclic) bond motifs is 1. The second-order valence-corrected chi connectivity index (χ2v) is 6.12. The number of nitrogens with zero attached hydrogens (tertiary/aromatic N) is 2. The number of aromatic nitrogens is 2. The maximum atomic E-state index is 12.6. The smallest absolute Gasteiger partial charge is 0.267 e. The van der Waals surface area contributed by atoms with E-state index >= 15 is 0 Å². The summed E-state index contributed by atoms with van der Waals surface area (Å²) in [5.41, 5.74) is 2.62. The Balaban J connectivity index is 1.69. The van der Waals surface area contributed by atoms with Gasteiger partial charge in [-0.15, -0.1) is 0 Å². The van der Waals surface area contributed by atoms with E-state index in [4.69, 9.17) is 0 Å². The van der Waals surface area contributed by atoms with Gasteiger partial charge < -0.3 is 15.0 Å². The molecular formula is C20H23N3O2. The SMILES string of the molecule is CCn1c(C(=O)NCC(CO)Cc2ccccn2)cc2ccccc21. The van der Waals surface area contributed by atoms with E-state index in [-0.39, 0.29) is 18.4 Å². The zero-order chi connectivity index (χ0) is 17.6. The summed E-state index contributed by atoms with van der Waals surface area (Å²) in [5.74, 6) is -0.171. The van der Waals surface area contributed by atoms with E-state index in [9.17, 15) is 9.90 Å². The van der Waals surface area contributed by atoms with Gasteiger partial charge in [-0.25, -0.2) is 0 Å². The van der Waals surface area contributed by atoms with Crippen molar-refractivity contribution in [2.75, 3.05) is 13.2 Å². The van der Waals surface area contributed by atoms with Gasteiger partial charge in [0.1, 0.15) is 5.69 Å². The maximum Gasteiger partial charge on any atom is 0.267 e. The molecule has 0 aliphatic carbocycles. The molecule has 5 nitrogen and oxygen atoms in total. The van der Waals surface area contributed by atoms with Gasteiger partial charge in [-0.05, 0) is 37.6 Å². The largest absolute Gasteiger partial charge is 0.396 e. The van der Waals surface area contributed by atoms with Crippen LogP contribution in [-0.4, -0.2) is 33.7 Å². The Morgan fingerprint density at radius 2 is 2.04 bits per heavy atom. The van der Waals surface area contributed by atoms with Crippen molar-refractivity contribution in [2.45, 2.75) is 19.9 Å². The number of aliphatic hydroxyl groups excluding tert-OH is 1. The molecule has 0 aliphatic rings. The molecule has 2 aromatic heterocycles. The molecule has 2 heterocycles. The highest BCUT2D eigenvalue weighted by molar-refractivity contribution is 5.98. The Kier molecular flexibility index (Phi) is 5.46. The van der Waals surface area contributed by atoms with Gasteiger partial charge in [0, 0.05) is 48.4 Å². The van der Waals surface area contributed by atoms with Crippen LogP contribution < -0.4 is 5.32 Å². The zero-order valence-electron chi connectivity index (χ0n) is 14.4. The number of aliphatic hydroxyl groups is 1. The second kappa shape index (κ2) is 7.94. The van der Waals surface area contributed by atoms with Crippen LogP contribution in [0, 0.1) is 5.92 Å². The molecule has 1 unspecified atom stereocenters. The molecule has 0 saturated carbocycles. The summed E-state index contributed by atoms with van der Waals surface area (Å²) in [6, 6.07) is 15.6. The van der Waals surface area contributed by atoms with Crippen LogP contribution in [0.2, 0.25) is 0 Å². The Morgan fingerprint density at radius 3 is 2.76 bits per heavy atom. The first kappa shape index (κ1) is 17.2. The molecule has 25 heavy (non-hydrogen) atoms. The third-order valence-corrected chi connectivity index (χ3v) is 4.39. The van der Waals surface area contributed by atoms with E-state index in [2.05, 4.69) is 10.3 Å². The van der Waals surface area contributed by atoms with Gasteiger partial charge in [-0.2, -0.15) is 0 Å². The molecule has 2 N–H and O–H groups in total. The molecule has 0 radical (unpaired) electrons. The van der Waals surface area contributed by atoms with Gasteiger partial charge in [-0.3, -0.25) is 9.78 Å². The number of carbonyl (C=O) groups excluding carboxylic acids is 1. The predicted octanol–water partition coefficient (Wildman–Crippen LogP) is 2.64. The van der Waals surface area contributed by atoms with Gasteiger partial charge >= 0.3 is 0 Å². The number of nitrogens with one attached hydrogen (secondary N) is 1. The number of rotatable bonds is 7. The van der Waals surface area contributed by atoms with E-state index in [0.717, 1.165) is 23.1 Å². The van der Waals surface area contributed by atoms with Gasteiger partial charge in [0.15, 0.2) is 0 Å². The summed E-state index contributed by atoms with van der Waals surface area (Å²) in [4.78, 5) is 16.9. The fraction of sp³-hybridized carbons (Fsp3) is 0.300. The number of pyridine rings is 1. The highest BCUT2D eigenvalue weighted by atomic mass is 16.3. The summed E-state index contributed by atoms with van der Waals surface area (Å²) in [5, 5.41) is 13.6. The Hall–Kier alpha value is -2.66. The van der Waals surface area contributed by atoms with Crippen LogP contribution in [0.5, 0.6) is 0 Å². The van der Waals surface area contributed by atoms with Gasteiger partial charge in [0.05, 0.1) is 0 Å². The molecule has 0 saturated heterocycles. The number of benzene rings is 1. The lowest BCUT2D eigenvalue weighted by Crippen LogP contribution is -2.33. The average Bonchev–Trinajstić information content (AvgIpc) is 3.04. The zero-order valence-corrected chi connectivity index (χ0v) is 14.4. The second-order valence-electron chi connectivity index (χ2n) is 6.12. The molecule has 0 aliphatic heterocycles. The van der Waals surface area contributed by atoms with Crippen molar-refractivity contribution in [2.24, 2.45) is 5.92 Å². The normalized spacial score (nSPS) is 12.2. The fourth-order valence-corrected chi connectivity index (χ4v) is 3.08. The molecular weight excluding hydrogens is 314 g/mol. The molecule has 3 aromatic rings. The molecule has 130 valence electrons. The number of hydrogen-bond acceptors (Lipinski definition) is 3. The molecule has 0 spiro atoms. The van der Waals surface area contributed by atoms with Gasteiger partial charge in [0.25, 0.3) is 5.91 Å². The average molecular weight is 337 g/mol. The third-order valence-electron chi connectivity index (χ3n) is 4.39. The lowest BCUT2D eigenvalue weighted by molar-refractivity contribution is 0.0931. The Bertz CT molecular complexity index is 843. The van der Waals surface area contributed by atoms with Crippen LogP contribution in [0.1, 0.15) is 23.1 Å². The quantitative estimate of drug-likeness (QED) is 0.696. The Labute approximate surface area is 147 Å². The predicted molar refractivity (Wildman–Crippen MR) is 98.5 cm³/mol. The number of hydrogen-bond donors (Lipinski definition) is 2. The van der Waals surface area contributed by atoms with E-state index in [1.165, 1.54) is 0 Å². The molecule has 1 atom stereocenters. The summed E-state index contributed by atoms with van der Waals surface area (Å²) in [6.07, 6.45) is 2.37. The van der Waals surface area contributed by atoms with Gasteiger partial charge in [0.2, 0.25) is 0 Å². The summed E-state index contributed by atoms with van der Waals surface area (Å²) >= 11 is 0. The number of aryl methyl sites for hydroxylation is 1. The minimum absolute atomic E-state index is 0.00756. The maximum absolute atomic E-state index is 12.6. The van der Waals surface area contributed by atoms with Crippen molar-refractivity contribution in [3.63, 3.8) is 0 Å². The first-order valence-corrected chi connectivity index (χ1v) is 8.60. The van der Waals surface area contributed by atoms with E-state index in [1.54, 1.807) is 6.20 Å². The van der Waals surface area contributed by atoms with Crippen LogP contribution in [0.4, 0.5) is 0 Å². The van der Waals surface area contributed by atoms with Crippen molar-refractivity contribution in [1.82, 2.24) is 14.9 Å². The van der Waals surface area contributed by atoms with Crippen molar-refractivity contribution in [3.8, 4) is 0 Å². The highest BCUT2D eigenvalue weighted by Crippen LogP contribution is 2.19. The molecule has 0 fully saturated rings. The van der Waals surface area contributed by atoms with Crippen LogP contribution in [0.25, 0.3) is 10.9 Å². The summed E-state index contributed by atoms with van der Waals surface area (Å²) < 4.78 is 2.01. The van der Waals surface area contributed by atoms with Crippen LogP contribution >= 0.6 is 0 Å². The molecule has 5 heteroatoms. The molecule has 1 amide bonds. The highest BCUT2D eigenvalue weighted by Gasteiger charge is 2.16. The lowest BCUT2D eigenvalue weighted by atomic mass is 10.0. The van der Waals surface area contributed by atoms with Crippen LogP contribution in [0.15, 0.2) is 54.7 Å². The number of para-hydroxylation sites is 1. The van der Waals surface area contributed by atoms with Crippen LogP contribution in [0.3, 0.4) is 0 Å². The van der Waals surface area contributed by atoms with E-state index < -0.39 is 0 Å².